The molecule has 0 saturated heterocycles. The van der Waals surface area contributed by atoms with Crippen LogP contribution >= 0.6 is 0 Å². The van der Waals surface area contributed by atoms with E-state index in [1.807, 2.05) is 37.3 Å². The Labute approximate surface area is 219 Å². The minimum atomic E-state index is -4.80. The van der Waals surface area contributed by atoms with E-state index >= 15 is 0 Å². The number of halogens is 3. The molecule has 0 atom stereocenters. The molecule has 9 heteroatoms. The number of aryl methyl sites for hydroxylation is 1. The molecule has 0 spiro atoms. The number of ether oxygens (including phenoxy) is 3. The van der Waals surface area contributed by atoms with Gasteiger partial charge < -0.3 is 19.1 Å². The largest absolute Gasteiger partial charge is 0.573 e. The molecular formula is C29H30F3NO5. The maximum absolute atomic E-state index is 12.9. The van der Waals surface area contributed by atoms with Gasteiger partial charge in [-0.3, -0.25) is 4.79 Å². The van der Waals surface area contributed by atoms with Gasteiger partial charge in [0, 0.05) is 17.8 Å². The number of esters is 1. The predicted octanol–water partition coefficient (Wildman–Crippen LogP) is 6.57. The summed E-state index contributed by atoms with van der Waals surface area (Å²) >= 11 is 0. The van der Waals surface area contributed by atoms with Crippen molar-refractivity contribution in [3.05, 3.63) is 78.4 Å². The number of carbonyl (C=O) groups is 2. The van der Waals surface area contributed by atoms with Gasteiger partial charge in [-0.25, -0.2) is 4.79 Å². The molecule has 3 rings (SSSR count). The number of nitrogens with zero attached hydrogens (tertiary/aromatic N) is 1. The predicted molar refractivity (Wildman–Crippen MR) is 138 cm³/mol. The molecule has 0 N–H and O–H groups in total. The lowest BCUT2D eigenvalue weighted by atomic mass is 10.0. The number of amides is 1. The second kappa shape index (κ2) is 13.5. The van der Waals surface area contributed by atoms with Crippen molar-refractivity contribution >= 4 is 17.6 Å². The molecule has 0 radical (unpaired) electrons. The topological polar surface area (TPSA) is 65.1 Å². The van der Waals surface area contributed by atoms with E-state index in [1.54, 1.807) is 18.2 Å². The van der Waals surface area contributed by atoms with E-state index in [1.165, 1.54) is 34.7 Å². The van der Waals surface area contributed by atoms with Gasteiger partial charge in [0.15, 0.2) is 0 Å². The SMILES string of the molecule is CCCOc1ccc(N(CCCCc2ccccc2)C(=O)C(=O)OC)cc1-c1ccc(OC(F)(F)F)cc1. The van der Waals surface area contributed by atoms with E-state index in [2.05, 4.69) is 9.47 Å². The average Bonchev–Trinajstić information content (AvgIpc) is 2.91. The molecule has 38 heavy (non-hydrogen) atoms. The van der Waals surface area contributed by atoms with Crippen molar-refractivity contribution in [3.8, 4) is 22.6 Å². The van der Waals surface area contributed by atoms with Gasteiger partial charge in [-0.2, -0.15) is 0 Å². The highest BCUT2D eigenvalue weighted by Gasteiger charge is 2.31. The molecule has 0 aliphatic heterocycles. The summed E-state index contributed by atoms with van der Waals surface area (Å²) in [5.41, 5.74) is 2.73. The number of carbonyl (C=O) groups excluding carboxylic acids is 2. The summed E-state index contributed by atoms with van der Waals surface area (Å²) in [6.45, 7) is 2.64. The minimum absolute atomic E-state index is 0.272. The van der Waals surface area contributed by atoms with E-state index in [-0.39, 0.29) is 12.3 Å². The molecule has 0 heterocycles. The highest BCUT2D eigenvalue weighted by atomic mass is 19.4. The van der Waals surface area contributed by atoms with Crippen molar-refractivity contribution in [1.82, 2.24) is 0 Å². The number of hydrogen-bond acceptors (Lipinski definition) is 5. The lowest BCUT2D eigenvalue weighted by Crippen LogP contribution is -2.38. The third-order valence-corrected chi connectivity index (χ3v) is 5.68. The van der Waals surface area contributed by atoms with Crippen molar-refractivity contribution in [3.63, 3.8) is 0 Å². The lowest BCUT2D eigenvalue weighted by molar-refractivity contribution is -0.274. The van der Waals surface area contributed by atoms with Gasteiger partial charge in [0.25, 0.3) is 0 Å². The molecule has 3 aromatic carbocycles. The Hall–Kier alpha value is -4.01. The molecule has 0 aromatic heterocycles. The standard InChI is InChI=1S/C29H30F3NO5/c1-3-19-37-26-17-14-23(20-25(26)22-12-15-24(16-13-22)38-29(30,31)32)33(27(34)28(35)36-2)18-8-7-11-21-9-5-4-6-10-21/h4-6,9-10,12-17,20H,3,7-8,11,18-19H2,1-2H3. The summed E-state index contributed by atoms with van der Waals surface area (Å²) < 4.78 is 52.3. The fraction of sp³-hybridized carbons (Fsp3) is 0.310. The van der Waals surface area contributed by atoms with Crippen LogP contribution in [0.25, 0.3) is 11.1 Å². The van der Waals surface area contributed by atoms with Gasteiger partial charge in [0.05, 0.1) is 13.7 Å². The molecule has 0 bridgehead atoms. The number of rotatable bonds is 11. The summed E-state index contributed by atoms with van der Waals surface area (Å²) in [7, 11) is 1.14. The highest BCUT2D eigenvalue weighted by Crippen LogP contribution is 2.36. The number of methoxy groups -OCH3 is 1. The maximum Gasteiger partial charge on any atom is 0.573 e. The number of hydrogen-bond donors (Lipinski definition) is 0. The van der Waals surface area contributed by atoms with Gasteiger partial charge in [-0.05, 0) is 67.1 Å². The van der Waals surface area contributed by atoms with Crippen molar-refractivity contribution in [2.24, 2.45) is 0 Å². The smallest absolute Gasteiger partial charge is 0.493 e. The first-order valence-electron chi connectivity index (χ1n) is 12.3. The Morgan fingerprint density at radius 2 is 1.63 bits per heavy atom. The summed E-state index contributed by atoms with van der Waals surface area (Å²) in [6, 6.07) is 20.4. The van der Waals surface area contributed by atoms with E-state index < -0.39 is 18.2 Å². The van der Waals surface area contributed by atoms with Crippen LogP contribution in [0.3, 0.4) is 0 Å². The van der Waals surface area contributed by atoms with Crippen LogP contribution in [0.15, 0.2) is 72.8 Å². The molecule has 202 valence electrons. The van der Waals surface area contributed by atoms with Crippen molar-refractivity contribution in [2.75, 3.05) is 25.2 Å². The molecule has 0 aliphatic carbocycles. The number of unbranched alkanes of at least 4 members (excludes halogenated alkanes) is 1. The molecule has 0 saturated carbocycles. The Morgan fingerprint density at radius 3 is 2.26 bits per heavy atom. The molecule has 3 aromatic rings. The third kappa shape index (κ3) is 8.26. The summed E-state index contributed by atoms with van der Waals surface area (Å²) in [4.78, 5) is 26.4. The van der Waals surface area contributed by atoms with Gasteiger partial charge in [-0.1, -0.05) is 49.4 Å². The van der Waals surface area contributed by atoms with E-state index in [0.717, 1.165) is 26.4 Å². The Balaban J connectivity index is 1.89. The van der Waals surface area contributed by atoms with E-state index in [9.17, 15) is 22.8 Å². The van der Waals surface area contributed by atoms with Crippen LogP contribution < -0.4 is 14.4 Å². The van der Waals surface area contributed by atoms with Gasteiger partial charge in [-0.15, -0.1) is 13.2 Å². The van der Waals surface area contributed by atoms with Gasteiger partial charge >= 0.3 is 18.2 Å². The zero-order valence-electron chi connectivity index (χ0n) is 21.3. The third-order valence-electron chi connectivity index (χ3n) is 5.68. The van der Waals surface area contributed by atoms with Crippen molar-refractivity contribution < 1.29 is 37.0 Å². The molecular weight excluding hydrogens is 499 g/mol. The van der Waals surface area contributed by atoms with Crippen molar-refractivity contribution in [1.29, 1.82) is 0 Å². The van der Waals surface area contributed by atoms with E-state index in [4.69, 9.17) is 4.74 Å². The first kappa shape index (κ1) is 28.6. The Morgan fingerprint density at radius 1 is 0.921 bits per heavy atom. The lowest BCUT2D eigenvalue weighted by Gasteiger charge is -2.23. The Bertz CT molecular complexity index is 1200. The number of anilines is 1. The zero-order valence-corrected chi connectivity index (χ0v) is 21.3. The fourth-order valence-electron chi connectivity index (χ4n) is 3.87. The van der Waals surface area contributed by atoms with Crippen LogP contribution in [0.5, 0.6) is 11.5 Å². The molecule has 0 unspecified atom stereocenters. The normalized spacial score (nSPS) is 11.1. The highest BCUT2D eigenvalue weighted by molar-refractivity contribution is 6.38. The van der Waals surface area contributed by atoms with Crippen LogP contribution in [0.1, 0.15) is 31.7 Å². The van der Waals surface area contributed by atoms with Crippen LogP contribution in [-0.2, 0) is 20.7 Å². The second-order valence-electron chi connectivity index (χ2n) is 8.49. The van der Waals surface area contributed by atoms with Gasteiger partial charge in [0.2, 0.25) is 0 Å². The summed E-state index contributed by atoms with van der Waals surface area (Å²) in [6.07, 6.45) is -1.81. The zero-order chi connectivity index (χ0) is 27.5. The van der Waals surface area contributed by atoms with Crippen LogP contribution in [0.4, 0.5) is 18.9 Å². The van der Waals surface area contributed by atoms with Crippen molar-refractivity contribution in [2.45, 2.75) is 39.0 Å². The monoisotopic (exact) mass is 529 g/mol. The summed E-state index contributed by atoms with van der Waals surface area (Å²) in [5.74, 6) is -1.66. The maximum atomic E-state index is 12.9. The quantitative estimate of drug-likeness (QED) is 0.160. The number of benzene rings is 3. The average molecular weight is 530 g/mol. The summed E-state index contributed by atoms with van der Waals surface area (Å²) in [5, 5.41) is 0. The number of alkyl halides is 3. The van der Waals surface area contributed by atoms with Crippen LogP contribution in [-0.4, -0.2) is 38.5 Å². The Kier molecular flexibility index (Phi) is 10.2. The first-order chi connectivity index (χ1) is 18.2. The second-order valence-corrected chi connectivity index (χ2v) is 8.49. The van der Waals surface area contributed by atoms with Crippen LogP contribution in [0, 0.1) is 0 Å². The van der Waals surface area contributed by atoms with Crippen LogP contribution in [0.2, 0.25) is 0 Å². The van der Waals surface area contributed by atoms with Gasteiger partial charge in [0.1, 0.15) is 11.5 Å². The molecule has 0 aliphatic rings. The molecule has 1 amide bonds. The minimum Gasteiger partial charge on any atom is -0.493 e. The fourth-order valence-corrected chi connectivity index (χ4v) is 3.87. The molecule has 6 nitrogen and oxygen atoms in total. The molecule has 0 fully saturated rings. The van der Waals surface area contributed by atoms with E-state index in [0.29, 0.717) is 35.6 Å². The first-order valence-corrected chi connectivity index (χ1v) is 12.3.